The number of ether oxygens (including phenoxy) is 1. The molecule has 10 heteroatoms. The minimum Gasteiger partial charge on any atom is -0.406 e. The van der Waals surface area contributed by atoms with Gasteiger partial charge in [-0.2, -0.15) is 0 Å². The van der Waals surface area contributed by atoms with Crippen LogP contribution in [0, 0.1) is 0 Å². The average molecular weight is 442 g/mol. The van der Waals surface area contributed by atoms with E-state index in [1.807, 2.05) is 0 Å². The van der Waals surface area contributed by atoms with Crippen molar-refractivity contribution in [3.8, 4) is 28.3 Å². The first-order valence-electron chi connectivity index (χ1n) is 9.56. The number of halogens is 3. The maximum Gasteiger partial charge on any atom is 0.573 e. The summed E-state index contributed by atoms with van der Waals surface area (Å²) >= 11 is 0. The van der Waals surface area contributed by atoms with Gasteiger partial charge < -0.3 is 9.84 Å². The zero-order valence-electron chi connectivity index (χ0n) is 16.7. The SMILES string of the molecule is CC(CO)n1cnc2c(-c3cccnc3)nc(-c3ccc(OC(F)(F)F)cc3)cc2c1=O. The molecule has 1 unspecified atom stereocenters. The molecule has 0 aliphatic rings. The number of aromatic nitrogens is 4. The fourth-order valence-corrected chi connectivity index (χ4v) is 3.22. The van der Waals surface area contributed by atoms with Gasteiger partial charge in [-0.3, -0.25) is 14.3 Å². The molecule has 164 valence electrons. The zero-order chi connectivity index (χ0) is 22.9. The first kappa shape index (κ1) is 21.4. The molecule has 4 aromatic rings. The van der Waals surface area contributed by atoms with Crippen LogP contribution in [-0.4, -0.2) is 37.6 Å². The van der Waals surface area contributed by atoms with Crippen LogP contribution in [0.25, 0.3) is 33.4 Å². The molecule has 0 fully saturated rings. The van der Waals surface area contributed by atoms with E-state index in [0.717, 1.165) is 0 Å². The molecule has 32 heavy (non-hydrogen) atoms. The van der Waals surface area contributed by atoms with Crippen LogP contribution in [0.5, 0.6) is 5.75 Å². The summed E-state index contributed by atoms with van der Waals surface area (Å²) in [5.41, 5.74) is 1.85. The van der Waals surface area contributed by atoms with Crippen LogP contribution in [0.4, 0.5) is 13.2 Å². The van der Waals surface area contributed by atoms with E-state index in [9.17, 15) is 23.1 Å². The van der Waals surface area contributed by atoms with Crippen LogP contribution in [0.15, 0.2) is 66.0 Å². The van der Waals surface area contributed by atoms with Crippen LogP contribution >= 0.6 is 0 Å². The summed E-state index contributed by atoms with van der Waals surface area (Å²) in [6.07, 6.45) is -0.264. The lowest BCUT2D eigenvalue weighted by Crippen LogP contribution is -2.25. The number of pyridine rings is 2. The fourth-order valence-electron chi connectivity index (χ4n) is 3.22. The molecule has 0 bridgehead atoms. The third-order valence-corrected chi connectivity index (χ3v) is 4.83. The number of aliphatic hydroxyl groups excluding tert-OH is 1. The highest BCUT2D eigenvalue weighted by Gasteiger charge is 2.31. The maximum absolute atomic E-state index is 13.1. The lowest BCUT2D eigenvalue weighted by atomic mass is 10.1. The molecule has 0 amide bonds. The Morgan fingerprint density at radius 1 is 1.16 bits per heavy atom. The highest BCUT2D eigenvalue weighted by atomic mass is 19.4. The number of alkyl halides is 3. The first-order valence-corrected chi connectivity index (χ1v) is 9.56. The molecule has 1 atom stereocenters. The molecule has 0 aliphatic carbocycles. The van der Waals surface area contributed by atoms with Gasteiger partial charge in [0.05, 0.1) is 35.8 Å². The van der Waals surface area contributed by atoms with Gasteiger partial charge >= 0.3 is 6.36 Å². The van der Waals surface area contributed by atoms with Crippen LogP contribution in [0.3, 0.4) is 0 Å². The molecule has 1 N–H and O–H groups in total. The number of nitrogens with zero attached hydrogens (tertiary/aromatic N) is 4. The van der Waals surface area contributed by atoms with E-state index < -0.39 is 12.4 Å². The summed E-state index contributed by atoms with van der Waals surface area (Å²) in [7, 11) is 0. The molecule has 4 rings (SSSR count). The highest BCUT2D eigenvalue weighted by Crippen LogP contribution is 2.30. The van der Waals surface area contributed by atoms with E-state index in [2.05, 4.69) is 19.7 Å². The third-order valence-electron chi connectivity index (χ3n) is 4.83. The molecule has 0 spiro atoms. The quantitative estimate of drug-likeness (QED) is 0.503. The first-order chi connectivity index (χ1) is 15.3. The van der Waals surface area contributed by atoms with E-state index >= 15 is 0 Å². The van der Waals surface area contributed by atoms with E-state index in [0.29, 0.717) is 28.0 Å². The van der Waals surface area contributed by atoms with Gasteiger partial charge in [-0.05, 0) is 49.4 Å². The van der Waals surface area contributed by atoms with Crippen LogP contribution in [0.1, 0.15) is 13.0 Å². The molecule has 3 aromatic heterocycles. The molecule has 7 nitrogen and oxygen atoms in total. The minimum absolute atomic E-state index is 0.249. The predicted octanol–water partition coefficient (Wildman–Crippen LogP) is 3.97. The molecule has 0 radical (unpaired) electrons. The standard InChI is InChI=1S/C22H17F3N4O3/c1-13(11-30)29-12-27-20-17(21(29)31)9-18(28-19(20)15-3-2-8-26-10-15)14-4-6-16(7-5-14)32-22(23,24)25/h2-10,12-13,30H,11H2,1H3. The van der Waals surface area contributed by atoms with E-state index in [4.69, 9.17) is 0 Å². The zero-order valence-corrected chi connectivity index (χ0v) is 16.7. The molecule has 3 heterocycles. The van der Waals surface area contributed by atoms with Crippen molar-refractivity contribution in [2.45, 2.75) is 19.3 Å². The van der Waals surface area contributed by atoms with Gasteiger partial charge in [0.2, 0.25) is 0 Å². The van der Waals surface area contributed by atoms with Crippen molar-refractivity contribution in [1.29, 1.82) is 0 Å². The van der Waals surface area contributed by atoms with Gasteiger partial charge in [-0.15, -0.1) is 13.2 Å². The monoisotopic (exact) mass is 442 g/mol. The molecule has 0 saturated carbocycles. The van der Waals surface area contributed by atoms with Gasteiger partial charge in [-0.1, -0.05) is 0 Å². The summed E-state index contributed by atoms with van der Waals surface area (Å²) in [6, 6.07) is 9.72. The van der Waals surface area contributed by atoms with E-state index in [1.54, 1.807) is 31.5 Å². The average Bonchev–Trinajstić information content (AvgIpc) is 2.78. The Kier molecular flexibility index (Phi) is 5.62. The maximum atomic E-state index is 13.1. The molecular weight excluding hydrogens is 425 g/mol. The summed E-state index contributed by atoms with van der Waals surface area (Å²) in [5, 5.41) is 9.71. The van der Waals surface area contributed by atoms with Gasteiger partial charge in [-0.25, -0.2) is 9.97 Å². The largest absolute Gasteiger partial charge is 0.573 e. The second-order valence-electron chi connectivity index (χ2n) is 7.05. The minimum atomic E-state index is -4.80. The molecule has 0 saturated heterocycles. The topological polar surface area (TPSA) is 90.1 Å². The molecule has 0 aliphatic heterocycles. The number of hydrogen-bond donors (Lipinski definition) is 1. The number of hydrogen-bond acceptors (Lipinski definition) is 6. The Morgan fingerprint density at radius 3 is 2.53 bits per heavy atom. The predicted molar refractivity (Wildman–Crippen MR) is 111 cm³/mol. The van der Waals surface area contributed by atoms with Gasteiger partial charge in [0.1, 0.15) is 11.3 Å². The number of rotatable bonds is 5. The van der Waals surface area contributed by atoms with Crippen LogP contribution in [0.2, 0.25) is 0 Å². The lowest BCUT2D eigenvalue weighted by molar-refractivity contribution is -0.274. The normalized spacial score (nSPS) is 12.7. The van der Waals surface area contributed by atoms with Crippen LogP contribution < -0.4 is 10.3 Å². The number of aliphatic hydroxyl groups is 1. The van der Waals surface area contributed by atoms with E-state index in [-0.39, 0.29) is 23.3 Å². The van der Waals surface area contributed by atoms with Gasteiger partial charge in [0.15, 0.2) is 0 Å². The van der Waals surface area contributed by atoms with Crippen molar-refractivity contribution < 1.29 is 23.0 Å². The highest BCUT2D eigenvalue weighted by molar-refractivity contribution is 5.93. The summed E-state index contributed by atoms with van der Waals surface area (Å²) in [4.78, 5) is 26.2. The van der Waals surface area contributed by atoms with Crippen molar-refractivity contribution in [3.63, 3.8) is 0 Å². The third kappa shape index (κ3) is 4.30. The Morgan fingerprint density at radius 2 is 1.91 bits per heavy atom. The smallest absolute Gasteiger partial charge is 0.406 e. The van der Waals surface area contributed by atoms with Crippen molar-refractivity contribution in [1.82, 2.24) is 19.5 Å². The van der Waals surface area contributed by atoms with Crippen molar-refractivity contribution >= 4 is 10.9 Å². The number of fused-ring (bicyclic) bond motifs is 1. The fraction of sp³-hybridized carbons (Fsp3) is 0.182. The summed E-state index contributed by atoms with van der Waals surface area (Å²) < 4.78 is 42.6. The molecule has 1 aromatic carbocycles. The summed E-state index contributed by atoms with van der Waals surface area (Å²) in [5.74, 6) is -0.365. The van der Waals surface area contributed by atoms with Crippen molar-refractivity contribution in [3.05, 3.63) is 71.5 Å². The Balaban J connectivity index is 1.91. The van der Waals surface area contributed by atoms with Gasteiger partial charge in [0.25, 0.3) is 5.56 Å². The molecular formula is C22H17F3N4O3. The van der Waals surface area contributed by atoms with Gasteiger partial charge in [0, 0.05) is 23.5 Å². The van der Waals surface area contributed by atoms with Crippen molar-refractivity contribution in [2.75, 3.05) is 6.61 Å². The van der Waals surface area contributed by atoms with Crippen LogP contribution in [-0.2, 0) is 0 Å². The Hall–Kier alpha value is -3.79. The second-order valence-corrected chi connectivity index (χ2v) is 7.05. The van der Waals surface area contributed by atoms with Crippen molar-refractivity contribution in [2.24, 2.45) is 0 Å². The number of benzene rings is 1. The van der Waals surface area contributed by atoms with E-state index in [1.165, 1.54) is 41.2 Å². The Bertz CT molecular complexity index is 1310. The lowest BCUT2D eigenvalue weighted by Gasteiger charge is -2.14. The Labute approximate surface area is 179 Å². The summed E-state index contributed by atoms with van der Waals surface area (Å²) in [6.45, 7) is 1.43. The second kappa shape index (κ2) is 8.39.